The van der Waals surface area contributed by atoms with E-state index in [1.807, 2.05) is 0 Å². The maximum Gasteiger partial charge on any atom is 0.353 e. The van der Waals surface area contributed by atoms with E-state index in [9.17, 15) is 14.9 Å². The quantitative estimate of drug-likeness (QED) is 0.538. The zero-order valence-corrected chi connectivity index (χ0v) is 11.3. The summed E-state index contributed by atoms with van der Waals surface area (Å²) in [7, 11) is 0. The highest BCUT2D eigenvalue weighted by Crippen LogP contribution is 2.29. The average molecular weight is 302 g/mol. The second-order valence-electron chi connectivity index (χ2n) is 4.27. The van der Waals surface area contributed by atoms with Crippen molar-refractivity contribution >= 4 is 28.3 Å². The van der Waals surface area contributed by atoms with Crippen LogP contribution in [0.15, 0.2) is 53.5 Å². The van der Waals surface area contributed by atoms with E-state index in [2.05, 4.69) is 4.98 Å². The third-order valence-corrected chi connectivity index (χ3v) is 3.43. The number of nitro groups is 1. The van der Waals surface area contributed by atoms with Gasteiger partial charge in [0.2, 0.25) is 0 Å². The molecular formula is C14H8ClN3O3. The lowest BCUT2D eigenvalue weighted by Gasteiger charge is -2.10. The highest BCUT2D eigenvalue weighted by molar-refractivity contribution is 6.37. The van der Waals surface area contributed by atoms with Crippen LogP contribution in [0.4, 0.5) is 5.69 Å². The number of hydrogen-bond acceptors (Lipinski definition) is 4. The smallest absolute Gasteiger partial charge is 0.261 e. The fourth-order valence-corrected chi connectivity index (χ4v) is 2.44. The number of pyridine rings is 2. The van der Waals surface area contributed by atoms with Crippen molar-refractivity contribution in [2.24, 2.45) is 0 Å². The van der Waals surface area contributed by atoms with Crippen LogP contribution in [0.5, 0.6) is 0 Å². The van der Waals surface area contributed by atoms with Gasteiger partial charge in [-0.15, -0.1) is 0 Å². The summed E-state index contributed by atoms with van der Waals surface area (Å²) < 4.78 is 1.19. The van der Waals surface area contributed by atoms with Crippen LogP contribution in [0.25, 0.3) is 16.7 Å². The summed E-state index contributed by atoms with van der Waals surface area (Å²) in [6.07, 6.45) is 1.50. The van der Waals surface area contributed by atoms with Gasteiger partial charge in [-0.25, -0.2) is 4.98 Å². The minimum Gasteiger partial charge on any atom is -0.261 e. The van der Waals surface area contributed by atoms with Gasteiger partial charge >= 0.3 is 11.2 Å². The number of nitrogens with zero attached hydrogens (tertiary/aromatic N) is 3. The summed E-state index contributed by atoms with van der Waals surface area (Å²) in [5.41, 5.74) is -0.682. The highest BCUT2D eigenvalue weighted by Gasteiger charge is 2.25. The lowest BCUT2D eigenvalue weighted by atomic mass is 10.2. The SMILES string of the molecule is O=c1c([N+](=O)[O-])c(Cl)c2cccnc2n1-c1ccccc1. The second kappa shape index (κ2) is 4.99. The van der Waals surface area contributed by atoms with Crippen molar-refractivity contribution in [1.82, 2.24) is 9.55 Å². The zero-order valence-electron chi connectivity index (χ0n) is 10.6. The highest BCUT2D eigenvalue weighted by atomic mass is 35.5. The monoisotopic (exact) mass is 301 g/mol. The number of para-hydroxylation sites is 1. The minimum atomic E-state index is -0.803. The van der Waals surface area contributed by atoms with Crippen LogP contribution in [0.2, 0.25) is 5.02 Å². The number of hydrogen-bond donors (Lipinski definition) is 0. The Bertz CT molecular complexity index is 906. The van der Waals surface area contributed by atoms with Crippen molar-refractivity contribution in [1.29, 1.82) is 0 Å². The Kier molecular flexibility index (Phi) is 3.15. The minimum absolute atomic E-state index is 0.194. The molecule has 0 radical (unpaired) electrons. The van der Waals surface area contributed by atoms with E-state index in [0.717, 1.165) is 0 Å². The summed E-state index contributed by atoms with van der Waals surface area (Å²) in [6, 6.07) is 11.8. The Hall–Kier alpha value is -2.73. The normalized spacial score (nSPS) is 10.7. The first kappa shape index (κ1) is 13.3. The molecule has 104 valence electrons. The van der Waals surface area contributed by atoms with E-state index in [0.29, 0.717) is 11.1 Å². The van der Waals surface area contributed by atoms with Crippen molar-refractivity contribution in [3.05, 3.63) is 74.2 Å². The molecule has 0 aliphatic carbocycles. The Labute approximate surface area is 123 Å². The van der Waals surface area contributed by atoms with Crippen LogP contribution in [-0.2, 0) is 0 Å². The van der Waals surface area contributed by atoms with Crippen LogP contribution < -0.4 is 5.56 Å². The number of rotatable bonds is 2. The Morgan fingerprint density at radius 1 is 1.14 bits per heavy atom. The molecule has 0 N–H and O–H groups in total. The molecule has 0 bridgehead atoms. The molecule has 0 amide bonds. The van der Waals surface area contributed by atoms with Crippen LogP contribution in [0.3, 0.4) is 0 Å². The molecule has 0 atom stereocenters. The lowest BCUT2D eigenvalue weighted by molar-refractivity contribution is -0.386. The topological polar surface area (TPSA) is 78.0 Å². The number of halogens is 1. The van der Waals surface area contributed by atoms with E-state index in [1.165, 1.54) is 10.8 Å². The van der Waals surface area contributed by atoms with Crippen molar-refractivity contribution in [3.63, 3.8) is 0 Å². The molecule has 3 rings (SSSR count). The predicted molar refractivity (Wildman–Crippen MR) is 79.0 cm³/mol. The summed E-state index contributed by atoms with van der Waals surface area (Å²) in [5, 5.41) is 11.3. The van der Waals surface area contributed by atoms with Gasteiger partial charge in [-0.2, -0.15) is 0 Å². The standard InChI is InChI=1S/C14H8ClN3O3/c15-11-10-7-4-8-16-13(10)17(9-5-2-1-3-6-9)14(19)12(11)18(20)21/h1-8H. The molecular weight excluding hydrogens is 294 g/mol. The molecule has 3 aromatic rings. The second-order valence-corrected chi connectivity index (χ2v) is 4.65. The summed E-state index contributed by atoms with van der Waals surface area (Å²) in [4.78, 5) is 27.0. The Morgan fingerprint density at radius 3 is 2.52 bits per heavy atom. The molecule has 2 aromatic heterocycles. The summed E-state index contributed by atoms with van der Waals surface area (Å²) >= 11 is 6.01. The van der Waals surface area contributed by atoms with Gasteiger partial charge in [0, 0.05) is 11.6 Å². The fraction of sp³-hybridized carbons (Fsp3) is 0. The van der Waals surface area contributed by atoms with Crippen molar-refractivity contribution < 1.29 is 4.92 Å². The van der Waals surface area contributed by atoms with E-state index >= 15 is 0 Å². The maximum absolute atomic E-state index is 12.4. The van der Waals surface area contributed by atoms with Gasteiger partial charge in [0.1, 0.15) is 10.7 Å². The first-order valence-electron chi connectivity index (χ1n) is 6.00. The molecule has 0 fully saturated rings. The van der Waals surface area contributed by atoms with E-state index in [-0.39, 0.29) is 10.7 Å². The van der Waals surface area contributed by atoms with Crippen LogP contribution in [0, 0.1) is 10.1 Å². The molecule has 0 unspecified atom stereocenters. The third kappa shape index (κ3) is 2.05. The van der Waals surface area contributed by atoms with Gasteiger partial charge in [-0.3, -0.25) is 19.5 Å². The van der Waals surface area contributed by atoms with Gasteiger partial charge in [0.05, 0.1) is 10.6 Å². The summed E-state index contributed by atoms with van der Waals surface area (Å²) in [5.74, 6) is 0. The zero-order chi connectivity index (χ0) is 15.0. The Balaban J connectivity index is 2.55. The number of aromatic nitrogens is 2. The van der Waals surface area contributed by atoms with Crippen molar-refractivity contribution in [3.8, 4) is 5.69 Å². The molecule has 0 saturated heterocycles. The van der Waals surface area contributed by atoms with Gasteiger partial charge in [-0.05, 0) is 24.3 Å². The first-order chi connectivity index (χ1) is 10.1. The van der Waals surface area contributed by atoms with Crippen molar-refractivity contribution in [2.45, 2.75) is 0 Å². The molecule has 1 aromatic carbocycles. The largest absolute Gasteiger partial charge is 0.353 e. The first-order valence-corrected chi connectivity index (χ1v) is 6.38. The van der Waals surface area contributed by atoms with Gasteiger partial charge in [0.25, 0.3) is 0 Å². The molecule has 6 nitrogen and oxygen atoms in total. The number of fused-ring (bicyclic) bond motifs is 1. The maximum atomic E-state index is 12.4. The van der Waals surface area contributed by atoms with Gasteiger partial charge in [-0.1, -0.05) is 29.8 Å². The summed E-state index contributed by atoms with van der Waals surface area (Å²) in [6.45, 7) is 0. The molecule has 21 heavy (non-hydrogen) atoms. The molecule has 0 saturated carbocycles. The van der Waals surface area contributed by atoms with E-state index in [1.54, 1.807) is 42.5 Å². The van der Waals surface area contributed by atoms with Crippen LogP contribution in [0.1, 0.15) is 0 Å². The molecule has 7 heteroatoms. The third-order valence-electron chi connectivity index (χ3n) is 3.05. The van der Waals surface area contributed by atoms with Crippen molar-refractivity contribution in [2.75, 3.05) is 0 Å². The molecule has 0 aliphatic heterocycles. The molecule has 0 aliphatic rings. The molecule has 0 spiro atoms. The predicted octanol–water partition coefficient (Wildman–Crippen LogP) is 2.95. The van der Waals surface area contributed by atoms with Gasteiger partial charge < -0.3 is 0 Å². The lowest BCUT2D eigenvalue weighted by Crippen LogP contribution is -2.22. The molecule has 2 heterocycles. The van der Waals surface area contributed by atoms with Gasteiger partial charge in [0.15, 0.2) is 0 Å². The van der Waals surface area contributed by atoms with E-state index in [4.69, 9.17) is 11.6 Å². The van der Waals surface area contributed by atoms with E-state index < -0.39 is 16.2 Å². The fourth-order valence-electron chi connectivity index (χ4n) is 2.14. The van der Waals surface area contributed by atoms with Crippen LogP contribution >= 0.6 is 11.6 Å². The average Bonchev–Trinajstić information content (AvgIpc) is 2.48. The van der Waals surface area contributed by atoms with Crippen LogP contribution in [-0.4, -0.2) is 14.5 Å². The Morgan fingerprint density at radius 2 is 1.86 bits per heavy atom. The number of benzene rings is 1.